The van der Waals surface area contributed by atoms with Gasteiger partial charge in [0.2, 0.25) is 5.82 Å². The fraction of sp³-hybridized carbons (Fsp3) is 0.600. The summed E-state index contributed by atoms with van der Waals surface area (Å²) >= 11 is 0. The van der Waals surface area contributed by atoms with E-state index in [0.29, 0.717) is 24.8 Å². The number of nitro groups is 1. The number of ether oxygens (including phenoxy) is 1. The average Bonchev–Trinajstić information content (AvgIpc) is 2.53. The second-order valence-corrected chi connectivity index (χ2v) is 6.00. The van der Waals surface area contributed by atoms with Crippen LogP contribution in [0.5, 0.6) is 0 Å². The van der Waals surface area contributed by atoms with Crippen LogP contribution in [0.3, 0.4) is 0 Å². The monoisotopic (exact) mass is 322 g/mol. The summed E-state index contributed by atoms with van der Waals surface area (Å²) < 4.78 is 4.59. The van der Waals surface area contributed by atoms with Crippen LogP contribution in [-0.2, 0) is 4.74 Å². The molecule has 0 aromatic carbocycles. The average molecular weight is 322 g/mol. The van der Waals surface area contributed by atoms with Crippen molar-refractivity contribution in [3.8, 4) is 0 Å². The van der Waals surface area contributed by atoms with Gasteiger partial charge in [0.05, 0.1) is 17.6 Å². The first-order valence-corrected chi connectivity index (χ1v) is 7.62. The van der Waals surface area contributed by atoms with E-state index in [-0.39, 0.29) is 11.3 Å². The molecule has 0 atom stereocenters. The third-order valence-electron chi connectivity index (χ3n) is 3.76. The summed E-state index contributed by atoms with van der Waals surface area (Å²) in [4.78, 5) is 30.7. The molecular weight excluding hydrogens is 300 g/mol. The fourth-order valence-corrected chi connectivity index (χ4v) is 2.71. The van der Waals surface area contributed by atoms with Gasteiger partial charge in [-0.25, -0.2) is 9.78 Å². The van der Waals surface area contributed by atoms with E-state index in [1.165, 1.54) is 19.4 Å². The minimum absolute atomic E-state index is 0.0846. The second-order valence-electron chi connectivity index (χ2n) is 6.00. The van der Waals surface area contributed by atoms with Crippen LogP contribution in [0.4, 0.5) is 11.5 Å². The lowest BCUT2D eigenvalue weighted by Crippen LogP contribution is -2.47. The Balaban J connectivity index is 2.17. The van der Waals surface area contributed by atoms with Crippen LogP contribution in [0, 0.1) is 16.0 Å². The Morgan fingerprint density at radius 1 is 1.39 bits per heavy atom. The maximum Gasteiger partial charge on any atom is 0.339 e. The van der Waals surface area contributed by atoms with Gasteiger partial charge < -0.3 is 9.64 Å². The SMILES string of the molecule is COC(=O)c1cnc(N2CCN(CC(C)C)CC2)c([N+](=O)[O-])c1. The predicted octanol–water partition coefficient (Wildman–Crippen LogP) is 1.55. The van der Waals surface area contributed by atoms with E-state index in [4.69, 9.17) is 0 Å². The number of esters is 1. The van der Waals surface area contributed by atoms with E-state index >= 15 is 0 Å². The smallest absolute Gasteiger partial charge is 0.339 e. The molecule has 2 heterocycles. The molecule has 1 aromatic rings. The van der Waals surface area contributed by atoms with E-state index in [2.05, 4.69) is 28.5 Å². The molecule has 0 radical (unpaired) electrons. The summed E-state index contributed by atoms with van der Waals surface area (Å²) in [6, 6.07) is 1.23. The number of nitrogens with zero attached hydrogens (tertiary/aromatic N) is 4. The number of anilines is 1. The number of carbonyl (C=O) groups excluding carboxylic acids is 1. The summed E-state index contributed by atoms with van der Waals surface area (Å²) in [6.45, 7) is 8.40. The van der Waals surface area contributed by atoms with E-state index in [0.717, 1.165) is 19.6 Å². The molecule has 1 aliphatic rings. The molecule has 126 valence electrons. The third-order valence-corrected chi connectivity index (χ3v) is 3.76. The first kappa shape index (κ1) is 17.1. The molecule has 0 saturated carbocycles. The van der Waals surface area contributed by atoms with E-state index in [9.17, 15) is 14.9 Å². The molecule has 8 nitrogen and oxygen atoms in total. The Kier molecular flexibility index (Phi) is 5.49. The molecule has 0 amide bonds. The Labute approximate surface area is 135 Å². The number of methoxy groups -OCH3 is 1. The zero-order chi connectivity index (χ0) is 17.0. The highest BCUT2D eigenvalue weighted by Crippen LogP contribution is 2.27. The number of hydrogen-bond acceptors (Lipinski definition) is 7. The van der Waals surface area contributed by atoms with Crippen LogP contribution < -0.4 is 4.90 Å². The van der Waals surface area contributed by atoms with Crippen LogP contribution in [0.1, 0.15) is 24.2 Å². The molecule has 0 unspecified atom stereocenters. The van der Waals surface area contributed by atoms with Crippen molar-refractivity contribution >= 4 is 17.5 Å². The zero-order valence-electron chi connectivity index (χ0n) is 13.7. The predicted molar refractivity (Wildman–Crippen MR) is 85.7 cm³/mol. The molecule has 2 rings (SSSR count). The summed E-state index contributed by atoms with van der Waals surface area (Å²) in [5.41, 5.74) is -0.0772. The number of pyridine rings is 1. The molecule has 0 bridgehead atoms. The summed E-state index contributed by atoms with van der Waals surface area (Å²) in [5, 5.41) is 11.3. The van der Waals surface area contributed by atoms with Crippen LogP contribution >= 0.6 is 0 Å². The van der Waals surface area contributed by atoms with Crippen molar-refractivity contribution in [2.24, 2.45) is 5.92 Å². The minimum Gasteiger partial charge on any atom is -0.465 e. The van der Waals surface area contributed by atoms with Crippen LogP contribution in [0.25, 0.3) is 0 Å². The molecule has 1 aliphatic heterocycles. The molecular formula is C15H22N4O4. The topological polar surface area (TPSA) is 88.8 Å². The van der Waals surface area contributed by atoms with Crippen LogP contribution in [-0.4, -0.2) is 60.6 Å². The van der Waals surface area contributed by atoms with Gasteiger partial charge in [-0.15, -0.1) is 0 Å². The van der Waals surface area contributed by atoms with Crippen molar-refractivity contribution in [2.45, 2.75) is 13.8 Å². The first-order valence-electron chi connectivity index (χ1n) is 7.62. The quantitative estimate of drug-likeness (QED) is 0.461. The molecule has 8 heteroatoms. The zero-order valence-corrected chi connectivity index (χ0v) is 13.7. The number of piperazine rings is 1. The van der Waals surface area contributed by atoms with Gasteiger partial charge in [-0.1, -0.05) is 13.8 Å². The molecule has 1 fully saturated rings. The van der Waals surface area contributed by atoms with Gasteiger partial charge in [-0.2, -0.15) is 0 Å². The standard InChI is InChI=1S/C15H22N4O4/c1-11(2)10-17-4-6-18(7-5-17)14-13(19(21)22)8-12(9-16-14)15(20)23-3/h8-9,11H,4-7,10H2,1-3H3. The Hall–Kier alpha value is -2.22. The fourth-order valence-electron chi connectivity index (χ4n) is 2.71. The third kappa shape index (κ3) is 4.16. The van der Waals surface area contributed by atoms with Crippen molar-refractivity contribution in [2.75, 3.05) is 44.7 Å². The number of hydrogen-bond donors (Lipinski definition) is 0. The van der Waals surface area contributed by atoms with Gasteiger partial charge in [0.25, 0.3) is 0 Å². The van der Waals surface area contributed by atoms with E-state index in [1.807, 2.05) is 4.90 Å². The molecule has 1 saturated heterocycles. The van der Waals surface area contributed by atoms with Crippen molar-refractivity contribution in [3.05, 3.63) is 27.9 Å². The van der Waals surface area contributed by atoms with Crippen molar-refractivity contribution in [1.29, 1.82) is 0 Å². The summed E-state index contributed by atoms with van der Waals surface area (Å²) in [6.07, 6.45) is 1.33. The number of rotatable bonds is 5. The number of aromatic nitrogens is 1. The van der Waals surface area contributed by atoms with Gasteiger partial charge >= 0.3 is 11.7 Å². The first-order chi connectivity index (χ1) is 10.9. The molecule has 23 heavy (non-hydrogen) atoms. The lowest BCUT2D eigenvalue weighted by Gasteiger charge is -2.35. The molecule has 0 N–H and O–H groups in total. The molecule has 0 aliphatic carbocycles. The van der Waals surface area contributed by atoms with Crippen molar-refractivity contribution in [3.63, 3.8) is 0 Å². The lowest BCUT2D eigenvalue weighted by molar-refractivity contribution is -0.384. The largest absolute Gasteiger partial charge is 0.465 e. The summed E-state index contributed by atoms with van der Waals surface area (Å²) in [5.74, 6) is 0.272. The summed E-state index contributed by atoms with van der Waals surface area (Å²) in [7, 11) is 1.23. The normalized spacial score (nSPS) is 15.7. The van der Waals surface area contributed by atoms with Crippen molar-refractivity contribution in [1.82, 2.24) is 9.88 Å². The highest BCUT2D eigenvalue weighted by atomic mass is 16.6. The Morgan fingerprint density at radius 3 is 2.57 bits per heavy atom. The minimum atomic E-state index is -0.631. The van der Waals surface area contributed by atoms with Gasteiger partial charge in [0.1, 0.15) is 0 Å². The van der Waals surface area contributed by atoms with Gasteiger partial charge in [-0.3, -0.25) is 15.0 Å². The van der Waals surface area contributed by atoms with Gasteiger partial charge in [0.15, 0.2) is 0 Å². The maximum atomic E-state index is 11.5. The number of carbonyl (C=O) groups is 1. The van der Waals surface area contributed by atoms with E-state index < -0.39 is 10.9 Å². The molecule has 1 aromatic heterocycles. The highest BCUT2D eigenvalue weighted by Gasteiger charge is 2.26. The van der Waals surface area contributed by atoms with Crippen LogP contribution in [0.2, 0.25) is 0 Å². The highest BCUT2D eigenvalue weighted by molar-refractivity contribution is 5.90. The lowest BCUT2D eigenvalue weighted by atomic mass is 10.2. The van der Waals surface area contributed by atoms with E-state index in [1.54, 1.807) is 0 Å². The maximum absolute atomic E-state index is 11.5. The Morgan fingerprint density at radius 2 is 2.04 bits per heavy atom. The molecule has 0 spiro atoms. The second kappa shape index (κ2) is 7.36. The Bertz CT molecular complexity index is 583. The van der Waals surface area contributed by atoms with Crippen LogP contribution in [0.15, 0.2) is 12.3 Å². The van der Waals surface area contributed by atoms with Gasteiger partial charge in [0, 0.05) is 45.0 Å². The van der Waals surface area contributed by atoms with Gasteiger partial charge in [-0.05, 0) is 5.92 Å². The van der Waals surface area contributed by atoms with Crippen molar-refractivity contribution < 1.29 is 14.5 Å².